The molecule has 0 radical (unpaired) electrons. The Bertz CT molecular complexity index is 1020. The van der Waals surface area contributed by atoms with Gasteiger partial charge in [0.1, 0.15) is 10.6 Å². The maximum Gasteiger partial charge on any atom is 0.241 e. The molecule has 0 fully saturated rings. The number of sulfonamides is 1. The number of hydrogen-bond donors (Lipinski definition) is 1. The Morgan fingerprint density at radius 2 is 1.97 bits per heavy atom. The molecule has 1 heterocycles. The average Bonchev–Trinajstić information content (AvgIpc) is 3.17. The molecule has 0 atom stereocenters. The topological polar surface area (TPSA) is 89.7 Å². The summed E-state index contributed by atoms with van der Waals surface area (Å²) < 4.78 is 29.1. The molecule has 1 aliphatic heterocycles. The molecule has 3 rings (SSSR count). The van der Waals surface area contributed by atoms with Crippen LogP contribution in [0.1, 0.15) is 40.7 Å². The third-order valence-corrected chi connectivity index (χ3v) is 6.58. The van der Waals surface area contributed by atoms with E-state index in [0.29, 0.717) is 25.0 Å². The maximum atomic E-state index is 12.6. The fourth-order valence-corrected chi connectivity index (χ4v) is 4.55. The Morgan fingerprint density at radius 1 is 1.20 bits per heavy atom. The first kappa shape index (κ1) is 22.7. The third-order valence-electron chi connectivity index (χ3n) is 5.29. The Hall–Kier alpha value is -1.93. The molecule has 6 nitrogen and oxygen atoms in total. The van der Waals surface area contributed by atoms with Crippen molar-refractivity contribution in [3.63, 3.8) is 0 Å². The van der Waals surface area contributed by atoms with Crippen molar-refractivity contribution in [2.75, 3.05) is 26.7 Å². The molecular formula is C22H27ClN2O4S. The molecule has 1 aliphatic rings. The number of halogens is 1. The smallest absolute Gasteiger partial charge is 0.241 e. The van der Waals surface area contributed by atoms with Crippen molar-refractivity contribution < 1.29 is 17.9 Å². The zero-order valence-electron chi connectivity index (χ0n) is 17.1. The van der Waals surface area contributed by atoms with Gasteiger partial charge in [-0.3, -0.25) is 4.79 Å². The van der Waals surface area contributed by atoms with E-state index < -0.39 is 10.0 Å². The number of unbranched alkanes of at least 4 members (excludes halogenated alkanes) is 1. The lowest BCUT2D eigenvalue weighted by atomic mass is 10.0. The molecule has 30 heavy (non-hydrogen) atoms. The number of nitrogens with two attached hydrogens (primary N) is 1. The zero-order chi connectivity index (χ0) is 21.7. The summed E-state index contributed by atoms with van der Waals surface area (Å²) in [5.41, 5.74) is 2.24. The van der Waals surface area contributed by atoms with Gasteiger partial charge in [0.15, 0.2) is 5.78 Å². The molecule has 0 saturated carbocycles. The number of fused-ring (bicyclic) bond motifs is 1. The standard InChI is InChI=1S/C22H27ClN2O4S/c1-25(12-9-16-6-2-3-7-19(16)23)11-5-4-8-20(26)18-14-17-10-13-29-22(17)21(15-18)30(24,27)28/h2-3,6-7,14-15H,4-5,8-13H2,1H3,(H2,24,27,28). The molecule has 0 amide bonds. The van der Waals surface area contributed by atoms with Gasteiger partial charge in [-0.1, -0.05) is 29.8 Å². The van der Waals surface area contributed by atoms with Gasteiger partial charge in [0, 0.05) is 30.0 Å². The van der Waals surface area contributed by atoms with Crippen LogP contribution in [0, 0.1) is 0 Å². The van der Waals surface area contributed by atoms with Gasteiger partial charge >= 0.3 is 0 Å². The molecule has 0 unspecified atom stereocenters. The number of Topliss-reactive ketones (excluding diaryl/α,β-unsaturated/α-hetero) is 1. The fraction of sp³-hybridized carbons (Fsp3) is 0.409. The zero-order valence-corrected chi connectivity index (χ0v) is 18.6. The summed E-state index contributed by atoms with van der Waals surface area (Å²) in [6, 6.07) is 10.9. The number of carbonyl (C=O) groups is 1. The SMILES string of the molecule is CN(CCCCC(=O)c1cc2c(c(S(N)(=O)=O)c1)OCC2)CCc1ccccc1Cl. The fourth-order valence-electron chi connectivity index (χ4n) is 3.58. The Balaban J connectivity index is 1.49. The Morgan fingerprint density at radius 3 is 2.70 bits per heavy atom. The molecule has 0 bridgehead atoms. The average molecular weight is 451 g/mol. The second-order valence-electron chi connectivity index (χ2n) is 7.63. The molecule has 2 aromatic carbocycles. The highest BCUT2D eigenvalue weighted by Crippen LogP contribution is 2.34. The Labute approximate surface area is 183 Å². The second-order valence-corrected chi connectivity index (χ2v) is 9.57. The van der Waals surface area contributed by atoms with Crippen LogP contribution in [0.2, 0.25) is 5.02 Å². The number of likely N-dealkylation sites (N-methyl/N-ethyl adjacent to an activating group) is 1. The third kappa shape index (κ3) is 5.82. The van der Waals surface area contributed by atoms with Crippen molar-refractivity contribution >= 4 is 27.4 Å². The second kappa shape index (κ2) is 9.92. The molecule has 0 aliphatic carbocycles. The lowest BCUT2D eigenvalue weighted by Crippen LogP contribution is -2.22. The Kier molecular flexibility index (Phi) is 7.52. The number of primary sulfonamides is 1. The first-order valence-electron chi connectivity index (χ1n) is 10.0. The summed E-state index contributed by atoms with van der Waals surface area (Å²) in [6.45, 7) is 2.16. The highest BCUT2D eigenvalue weighted by atomic mass is 35.5. The predicted octanol–water partition coefficient (Wildman–Crippen LogP) is 3.45. The van der Waals surface area contributed by atoms with E-state index in [4.69, 9.17) is 21.5 Å². The number of ketones is 1. The number of carbonyl (C=O) groups excluding carboxylic acids is 1. The van der Waals surface area contributed by atoms with Gasteiger partial charge in [-0.2, -0.15) is 0 Å². The first-order valence-corrected chi connectivity index (χ1v) is 12.0. The molecule has 8 heteroatoms. The number of rotatable bonds is 10. The van der Waals surface area contributed by atoms with Crippen LogP contribution in [0.4, 0.5) is 0 Å². The van der Waals surface area contributed by atoms with Crippen LogP contribution in [-0.4, -0.2) is 45.8 Å². The van der Waals surface area contributed by atoms with Gasteiger partial charge in [0.2, 0.25) is 10.0 Å². The summed E-state index contributed by atoms with van der Waals surface area (Å²) >= 11 is 6.19. The van der Waals surface area contributed by atoms with Crippen molar-refractivity contribution in [1.82, 2.24) is 4.90 Å². The van der Waals surface area contributed by atoms with Crippen LogP contribution in [-0.2, 0) is 22.9 Å². The van der Waals surface area contributed by atoms with Gasteiger partial charge < -0.3 is 9.64 Å². The highest BCUT2D eigenvalue weighted by molar-refractivity contribution is 7.89. The van der Waals surface area contributed by atoms with Crippen LogP contribution < -0.4 is 9.88 Å². The van der Waals surface area contributed by atoms with E-state index >= 15 is 0 Å². The van der Waals surface area contributed by atoms with Crippen molar-refractivity contribution in [3.05, 3.63) is 58.1 Å². The van der Waals surface area contributed by atoms with Crippen molar-refractivity contribution in [2.24, 2.45) is 5.14 Å². The lowest BCUT2D eigenvalue weighted by Gasteiger charge is -2.16. The molecule has 0 aromatic heterocycles. The van der Waals surface area contributed by atoms with Crippen molar-refractivity contribution in [3.8, 4) is 5.75 Å². The van der Waals surface area contributed by atoms with Gasteiger partial charge in [0.25, 0.3) is 0 Å². The summed E-state index contributed by atoms with van der Waals surface area (Å²) in [5, 5.41) is 6.09. The number of hydrogen-bond acceptors (Lipinski definition) is 5. The summed E-state index contributed by atoms with van der Waals surface area (Å²) in [6.07, 6.45) is 3.42. The minimum Gasteiger partial charge on any atom is -0.492 e. The van der Waals surface area contributed by atoms with Gasteiger partial charge in [-0.15, -0.1) is 0 Å². The largest absolute Gasteiger partial charge is 0.492 e. The minimum atomic E-state index is -3.95. The van der Waals surface area contributed by atoms with Crippen LogP contribution >= 0.6 is 11.6 Å². The van der Waals surface area contributed by atoms with E-state index in [0.717, 1.165) is 48.5 Å². The monoisotopic (exact) mass is 450 g/mol. The van der Waals surface area contributed by atoms with Gasteiger partial charge in [0.05, 0.1) is 6.61 Å². The van der Waals surface area contributed by atoms with Crippen LogP contribution in [0.25, 0.3) is 0 Å². The highest BCUT2D eigenvalue weighted by Gasteiger charge is 2.25. The van der Waals surface area contributed by atoms with Gasteiger partial charge in [-0.25, -0.2) is 13.6 Å². The quantitative estimate of drug-likeness (QED) is 0.442. The van der Waals surface area contributed by atoms with E-state index in [1.165, 1.54) is 6.07 Å². The lowest BCUT2D eigenvalue weighted by molar-refractivity contribution is 0.0978. The van der Waals surface area contributed by atoms with Crippen LogP contribution in [0.15, 0.2) is 41.3 Å². The molecular weight excluding hydrogens is 424 g/mol. The van der Waals surface area contributed by atoms with Gasteiger partial charge in [-0.05, 0) is 62.2 Å². The normalized spacial score (nSPS) is 13.3. The van der Waals surface area contributed by atoms with E-state index in [1.807, 2.05) is 24.3 Å². The molecule has 2 N–H and O–H groups in total. The van der Waals surface area contributed by atoms with E-state index in [2.05, 4.69) is 11.9 Å². The van der Waals surface area contributed by atoms with Crippen LogP contribution in [0.5, 0.6) is 5.75 Å². The number of nitrogens with zero attached hydrogens (tertiary/aromatic N) is 1. The first-order chi connectivity index (χ1) is 14.3. The van der Waals surface area contributed by atoms with Crippen molar-refractivity contribution in [1.29, 1.82) is 0 Å². The number of benzene rings is 2. The number of ether oxygens (including phenoxy) is 1. The van der Waals surface area contributed by atoms with Crippen molar-refractivity contribution in [2.45, 2.75) is 37.0 Å². The predicted molar refractivity (Wildman–Crippen MR) is 118 cm³/mol. The van der Waals surface area contributed by atoms with E-state index in [1.54, 1.807) is 6.07 Å². The summed E-state index contributed by atoms with van der Waals surface area (Å²) in [4.78, 5) is 14.7. The molecule has 0 saturated heterocycles. The van der Waals surface area contributed by atoms with Crippen LogP contribution in [0.3, 0.4) is 0 Å². The summed E-state index contributed by atoms with van der Waals surface area (Å²) in [5.74, 6) is 0.211. The maximum absolute atomic E-state index is 12.6. The minimum absolute atomic E-state index is 0.0756. The molecule has 2 aromatic rings. The molecule has 0 spiro atoms. The summed E-state index contributed by atoms with van der Waals surface area (Å²) in [7, 11) is -1.89. The van der Waals surface area contributed by atoms with E-state index in [9.17, 15) is 13.2 Å². The molecule has 162 valence electrons. The van der Waals surface area contributed by atoms with E-state index in [-0.39, 0.29) is 16.4 Å².